The standard InChI is InChI=1S/C24H30N2O4/c1-5-28-16-15-25-21-11-7-19(8-12-21)24(3,4)20-9-13-22(14-10-20)26-23(27)30-18-17-29-6-2/h5-14,25H,1-2,15-18H2,3-4H3,(H,26,27). The van der Waals surface area contributed by atoms with Gasteiger partial charge in [0.25, 0.3) is 0 Å². The Labute approximate surface area is 178 Å². The van der Waals surface area contributed by atoms with Gasteiger partial charge in [-0.15, -0.1) is 0 Å². The number of carbonyl (C=O) groups is 1. The maximum absolute atomic E-state index is 11.8. The molecule has 0 unspecified atom stereocenters. The summed E-state index contributed by atoms with van der Waals surface area (Å²) in [5.41, 5.74) is 3.86. The Hall–Kier alpha value is -3.41. The summed E-state index contributed by atoms with van der Waals surface area (Å²) in [5, 5.41) is 6.01. The number of hydrogen-bond acceptors (Lipinski definition) is 5. The van der Waals surface area contributed by atoms with Gasteiger partial charge < -0.3 is 19.5 Å². The summed E-state index contributed by atoms with van der Waals surface area (Å²) in [5.74, 6) is 0. The van der Waals surface area contributed by atoms with Crippen molar-refractivity contribution in [1.29, 1.82) is 0 Å². The Kier molecular flexibility index (Phi) is 8.81. The van der Waals surface area contributed by atoms with E-state index < -0.39 is 6.09 Å². The fraction of sp³-hybridized carbons (Fsp3) is 0.292. The summed E-state index contributed by atoms with van der Waals surface area (Å²) in [4.78, 5) is 11.8. The third-order valence-corrected chi connectivity index (χ3v) is 4.68. The molecule has 2 aromatic rings. The normalized spacial score (nSPS) is 10.6. The molecule has 1 amide bonds. The molecule has 160 valence electrons. The van der Waals surface area contributed by atoms with Gasteiger partial charge in [-0.25, -0.2) is 4.79 Å². The van der Waals surface area contributed by atoms with E-state index in [2.05, 4.69) is 61.9 Å². The molecule has 2 rings (SSSR count). The van der Waals surface area contributed by atoms with Gasteiger partial charge in [0.15, 0.2) is 0 Å². The number of nitrogens with one attached hydrogen (secondary N) is 2. The van der Waals surface area contributed by atoms with Gasteiger partial charge in [-0.3, -0.25) is 5.32 Å². The van der Waals surface area contributed by atoms with Crippen LogP contribution in [0.25, 0.3) is 0 Å². The molecule has 30 heavy (non-hydrogen) atoms. The molecule has 0 bridgehead atoms. The lowest BCUT2D eigenvalue weighted by Crippen LogP contribution is -2.19. The number of rotatable bonds is 12. The van der Waals surface area contributed by atoms with E-state index in [1.165, 1.54) is 18.1 Å². The van der Waals surface area contributed by atoms with Crippen molar-refractivity contribution in [2.45, 2.75) is 19.3 Å². The Morgan fingerprint density at radius 3 is 1.97 bits per heavy atom. The number of amides is 1. The molecular formula is C24H30N2O4. The van der Waals surface area contributed by atoms with Crippen molar-refractivity contribution in [2.75, 3.05) is 37.0 Å². The zero-order valence-electron chi connectivity index (χ0n) is 17.6. The third-order valence-electron chi connectivity index (χ3n) is 4.68. The first-order valence-electron chi connectivity index (χ1n) is 9.81. The van der Waals surface area contributed by atoms with E-state index >= 15 is 0 Å². The van der Waals surface area contributed by atoms with Crippen molar-refractivity contribution in [3.63, 3.8) is 0 Å². The van der Waals surface area contributed by atoms with E-state index in [9.17, 15) is 4.79 Å². The fourth-order valence-corrected chi connectivity index (χ4v) is 2.90. The molecule has 0 aromatic heterocycles. The van der Waals surface area contributed by atoms with Gasteiger partial charge in [0.05, 0.1) is 12.5 Å². The van der Waals surface area contributed by atoms with Gasteiger partial charge in [-0.1, -0.05) is 51.3 Å². The van der Waals surface area contributed by atoms with Crippen LogP contribution in [-0.4, -0.2) is 32.5 Å². The first-order valence-corrected chi connectivity index (χ1v) is 9.81. The predicted molar refractivity (Wildman–Crippen MR) is 121 cm³/mol. The van der Waals surface area contributed by atoms with Crippen molar-refractivity contribution in [2.24, 2.45) is 0 Å². The highest BCUT2D eigenvalue weighted by molar-refractivity contribution is 5.84. The maximum atomic E-state index is 11.8. The average Bonchev–Trinajstić information content (AvgIpc) is 2.75. The summed E-state index contributed by atoms with van der Waals surface area (Å²) in [6.45, 7) is 13.0. The van der Waals surface area contributed by atoms with Gasteiger partial charge >= 0.3 is 6.09 Å². The average molecular weight is 411 g/mol. The lowest BCUT2D eigenvalue weighted by molar-refractivity contribution is 0.123. The second-order valence-corrected chi connectivity index (χ2v) is 7.04. The summed E-state index contributed by atoms with van der Waals surface area (Å²) >= 11 is 0. The number of anilines is 2. The van der Waals surface area contributed by atoms with Crippen LogP contribution in [0, 0.1) is 0 Å². The number of ether oxygens (including phenoxy) is 3. The monoisotopic (exact) mass is 410 g/mol. The highest BCUT2D eigenvalue weighted by Crippen LogP contribution is 2.32. The van der Waals surface area contributed by atoms with Crippen LogP contribution < -0.4 is 10.6 Å². The Morgan fingerprint density at radius 2 is 1.40 bits per heavy atom. The van der Waals surface area contributed by atoms with Crippen molar-refractivity contribution in [3.05, 3.63) is 85.3 Å². The molecule has 0 saturated carbocycles. The van der Waals surface area contributed by atoms with Crippen LogP contribution in [0.15, 0.2) is 74.2 Å². The molecule has 0 heterocycles. The molecule has 0 spiro atoms. The maximum Gasteiger partial charge on any atom is 0.411 e. The highest BCUT2D eigenvalue weighted by atomic mass is 16.6. The smallest absolute Gasteiger partial charge is 0.411 e. The largest absolute Gasteiger partial charge is 0.500 e. The molecule has 6 heteroatoms. The molecule has 0 aliphatic heterocycles. The molecular weight excluding hydrogens is 380 g/mol. The fourth-order valence-electron chi connectivity index (χ4n) is 2.90. The van der Waals surface area contributed by atoms with Gasteiger partial charge in [0.1, 0.15) is 19.8 Å². The molecule has 0 fully saturated rings. The van der Waals surface area contributed by atoms with E-state index in [1.807, 2.05) is 24.3 Å². The molecule has 6 nitrogen and oxygen atoms in total. The lowest BCUT2D eigenvalue weighted by Gasteiger charge is -2.26. The Morgan fingerprint density at radius 1 is 0.867 bits per heavy atom. The van der Waals surface area contributed by atoms with Crippen molar-refractivity contribution >= 4 is 17.5 Å². The van der Waals surface area contributed by atoms with E-state index in [1.54, 1.807) is 0 Å². The van der Waals surface area contributed by atoms with Crippen molar-refractivity contribution in [1.82, 2.24) is 0 Å². The first-order chi connectivity index (χ1) is 14.5. The molecule has 0 saturated heterocycles. The quantitative estimate of drug-likeness (QED) is 0.367. The topological polar surface area (TPSA) is 68.8 Å². The zero-order chi connectivity index (χ0) is 21.8. The van der Waals surface area contributed by atoms with Crippen LogP contribution in [-0.2, 0) is 19.6 Å². The van der Waals surface area contributed by atoms with Crippen LogP contribution in [0.2, 0.25) is 0 Å². The summed E-state index contributed by atoms with van der Waals surface area (Å²) in [6, 6.07) is 16.1. The molecule has 0 atom stereocenters. The van der Waals surface area contributed by atoms with Crippen LogP contribution >= 0.6 is 0 Å². The molecule has 2 aromatic carbocycles. The summed E-state index contributed by atoms with van der Waals surface area (Å²) < 4.78 is 15.0. The first kappa shape index (κ1) is 22.9. The zero-order valence-corrected chi connectivity index (χ0v) is 17.6. The number of benzene rings is 2. The minimum Gasteiger partial charge on any atom is -0.500 e. The molecule has 2 N–H and O–H groups in total. The second kappa shape index (κ2) is 11.6. The van der Waals surface area contributed by atoms with Crippen molar-refractivity contribution < 1.29 is 19.0 Å². The third kappa shape index (κ3) is 6.88. The predicted octanol–water partition coefficient (Wildman–Crippen LogP) is 5.29. The number of hydrogen-bond donors (Lipinski definition) is 2. The minimum absolute atomic E-state index is 0.162. The van der Waals surface area contributed by atoms with Gasteiger partial charge in [0, 0.05) is 23.3 Å². The second-order valence-electron chi connectivity index (χ2n) is 7.04. The van der Waals surface area contributed by atoms with Crippen LogP contribution in [0.5, 0.6) is 0 Å². The summed E-state index contributed by atoms with van der Waals surface area (Å²) in [7, 11) is 0. The van der Waals surface area contributed by atoms with Gasteiger partial charge in [-0.05, 0) is 35.4 Å². The summed E-state index contributed by atoms with van der Waals surface area (Å²) in [6.07, 6.45) is 2.23. The Balaban J connectivity index is 1.94. The van der Waals surface area contributed by atoms with Crippen LogP contribution in [0.1, 0.15) is 25.0 Å². The minimum atomic E-state index is -0.517. The van der Waals surface area contributed by atoms with Crippen LogP contribution in [0.3, 0.4) is 0 Å². The van der Waals surface area contributed by atoms with E-state index in [0.29, 0.717) is 18.8 Å². The molecule has 0 aliphatic carbocycles. The van der Waals surface area contributed by atoms with E-state index in [-0.39, 0.29) is 18.6 Å². The van der Waals surface area contributed by atoms with Gasteiger partial charge in [-0.2, -0.15) is 0 Å². The Bertz CT molecular complexity index is 814. The SMILES string of the molecule is C=COCCNc1ccc(C(C)(C)c2ccc(NC(=O)OCCOC=C)cc2)cc1. The van der Waals surface area contributed by atoms with Crippen molar-refractivity contribution in [3.8, 4) is 0 Å². The van der Waals surface area contributed by atoms with E-state index in [4.69, 9.17) is 14.2 Å². The highest BCUT2D eigenvalue weighted by Gasteiger charge is 2.23. The van der Waals surface area contributed by atoms with Gasteiger partial charge in [0.2, 0.25) is 0 Å². The van der Waals surface area contributed by atoms with Crippen LogP contribution in [0.4, 0.5) is 16.2 Å². The molecule has 0 radical (unpaired) electrons. The lowest BCUT2D eigenvalue weighted by atomic mass is 9.78. The molecule has 0 aliphatic rings. The van der Waals surface area contributed by atoms with E-state index in [0.717, 1.165) is 11.3 Å². The number of carbonyl (C=O) groups excluding carboxylic acids is 1.